The predicted molar refractivity (Wildman–Crippen MR) is 116 cm³/mol. The number of carbonyl (C=O) groups is 2. The molecule has 146 valence electrons. The van der Waals surface area contributed by atoms with Gasteiger partial charge in [0.2, 0.25) is 0 Å². The van der Waals surface area contributed by atoms with E-state index in [9.17, 15) is 9.59 Å². The Bertz CT molecular complexity index is 902. The van der Waals surface area contributed by atoms with Crippen LogP contribution in [-0.2, 0) is 14.3 Å². The van der Waals surface area contributed by atoms with E-state index < -0.39 is 20.0 Å². The summed E-state index contributed by atoms with van der Waals surface area (Å²) in [6.07, 6.45) is 1.05. The fourth-order valence-corrected chi connectivity index (χ4v) is 7.58. The zero-order chi connectivity index (χ0) is 20.7. The van der Waals surface area contributed by atoms with Gasteiger partial charge < -0.3 is 9.84 Å². The van der Waals surface area contributed by atoms with Crippen LogP contribution >= 0.6 is 0 Å². The Morgan fingerprint density at radius 3 is 1.52 bits per heavy atom. The number of hydrogen-bond acceptors (Lipinski definition) is 3. The number of carbonyl (C=O) groups excluding carboxylic acids is 1. The van der Waals surface area contributed by atoms with Crippen molar-refractivity contribution in [3.63, 3.8) is 0 Å². The number of ether oxygens (including phenoxy) is 1. The van der Waals surface area contributed by atoms with Crippen LogP contribution in [0.3, 0.4) is 0 Å². The van der Waals surface area contributed by atoms with Crippen molar-refractivity contribution < 1.29 is 19.4 Å². The molecule has 0 fully saturated rings. The van der Waals surface area contributed by atoms with Crippen LogP contribution in [0, 0.1) is 0 Å². The lowest BCUT2D eigenvalue weighted by atomic mass is 10.3. The lowest BCUT2D eigenvalue weighted by Crippen LogP contribution is -2.70. The van der Waals surface area contributed by atoms with Gasteiger partial charge in [0, 0.05) is 11.6 Å². The smallest absolute Gasteiger partial charge is 0.333 e. The molecule has 0 saturated heterocycles. The van der Waals surface area contributed by atoms with E-state index in [0.717, 1.165) is 21.6 Å². The standard InChI is InChI=1S/C24H22O4Si/c1-19(17-23(25)26)24(27)28-18-29(20-11-5-2-6-12-20,21-13-7-3-8-14-21)22-15-9-4-10-16-22/h2-17H,18H2,1H3,(H,25,26)/b19-17-. The minimum absolute atomic E-state index is 0.0644. The van der Waals surface area contributed by atoms with Gasteiger partial charge >= 0.3 is 11.9 Å². The van der Waals surface area contributed by atoms with Crippen molar-refractivity contribution in [2.45, 2.75) is 6.92 Å². The highest BCUT2D eigenvalue weighted by molar-refractivity contribution is 7.11. The fourth-order valence-electron chi connectivity index (χ4n) is 3.45. The second-order valence-corrected chi connectivity index (χ2v) is 10.6. The quantitative estimate of drug-likeness (QED) is 0.285. The summed E-state index contributed by atoms with van der Waals surface area (Å²) in [5.41, 5.74) is 0.0644. The fraction of sp³-hybridized carbons (Fsp3) is 0.0833. The van der Waals surface area contributed by atoms with Gasteiger partial charge in [-0.1, -0.05) is 91.0 Å². The van der Waals surface area contributed by atoms with E-state index in [4.69, 9.17) is 9.84 Å². The zero-order valence-corrected chi connectivity index (χ0v) is 17.1. The van der Waals surface area contributed by atoms with E-state index in [1.807, 2.05) is 54.6 Å². The molecule has 29 heavy (non-hydrogen) atoms. The minimum Gasteiger partial charge on any atom is -0.478 e. The minimum atomic E-state index is -2.69. The summed E-state index contributed by atoms with van der Waals surface area (Å²) in [5, 5.41) is 12.3. The van der Waals surface area contributed by atoms with Crippen LogP contribution in [0.1, 0.15) is 6.92 Å². The third-order valence-electron chi connectivity index (χ3n) is 4.88. The number of esters is 1. The average Bonchev–Trinajstić information content (AvgIpc) is 2.76. The molecule has 0 amide bonds. The van der Waals surface area contributed by atoms with Crippen LogP contribution in [0.25, 0.3) is 0 Å². The third-order valence-corrected chi connectivity index (χ3v) is 9.42. The number of benzene rings is 3. The number of carboxylic acid groups (broad SMARTS) is 1. The number of carboxylic acids is 1. The Morgan fingerprint density at radius 2 is 1.17 bits per heavy atom. The SMILES string of the molecule is C/C(=C/C(=O)O)C(=O)OC[Si](c1ccccc1)(c1ccccc1)c1ccccc1. The molecule has 4 nitrogen and oxygen atoms in total. The first-order chi connectivity index (χ1) is 14.0. The summed E-state index contributed by atoms with van der Waals surface area (Å²) < 4.78 is 5.72. The van der Waals surface area contributed by atoms with Gasteiger partial charge in [-0.2, -0.15) is 0 Å². The third kappa shape index (κ3) is 4.52. The van der Waals surface area contributed by atoms with Gasteiger partial charge in [-0.15, -0.1) is 0 Å². The molecule has 0 aliphatic heterocycles. The molecule has 3 aromatic carbocycles. The second kappa shape index (κ2) is 9.17. The summed E-state index contributed by atoms with van der Waals surface area (Å²) in [6.45, 7) is 1.45. The van der Waals surface area contributed by atoms with Crippen molar-refractivity contribution >= 4 is 35.6 Å². The van der Waals surface area contributed by atoms with Gasteiger partial charge in [-0.3, -0.25) is 0 Å². The Morgan fingerprint density at radius 1 is 0.793 bits per heavy atom. The molecule has 0 spiro atoms. The highest BCUT2D eigenvalue weighted by Gasteiger charge is 2.41. The Kier molecular flexibility index (Phi) is 6.42. The Hall–Kier alpha value is -3.44. The van der Waals surface area contributed by atoms with Gasteiger partial charge in [0.05, 0.1) is 6.23 Å². The van der Waals surface area contributed by atoms with E-state index in [1.165, 1.54) is 6.92 Å². The van der Waals surface area contributed by atoms with E-state index in [0.29, 0.717) is 0 Å². The summed E-state index contributed by atoms with van der Waals surface area (Å²) in [5.74, 6) is -1.79. The van der Waals surface area contributed by atoms with E-state index in [1.54, 1.807) is 0 Å². The lowest BCUT2D eigenvalue weighted by Gasteiger charge is -2.33. The topological polar surface area (TPSA) is 63.6 Å². The number of aliphatic carboxylic acids is 1. The lowest BCUT2D eigenvalue weighted by molar-refractivity contribution is -0.138. The van der Waals surface area contributed by atoms with Crippen LogP contribution in [0.2, 0.25) is 0 Å². The molecule has 0 heterocycles. The number of hydrogen-bond donors (Lipinski definition) is 1. The zero-order valence-electron chi connectivity index (χ0n) is 16.1. The van der Waals surface area contributed by atoms with Crippen LogP contribution in [0.4, 0.5) is 0 Å². The molecule has 1 N–H and O–H groups in total. The highest BCUT2D eigenvalue weighted by Crippen LogP contribution is 2.10. The molecular formula is C24H22O4Si. The normalized spacial score (nSPS) is 11.7. The van der Waals surface area contributed by atoms with Gasteiger partial charge in [-0.05, 0) is 22.5 Å². The molecule has 0 bridgehead atoms. The van der Waals surface area contributed by atoms with Crippen LogP contribution in [-0.4, -0.2) is 31.3 Å². The summed E-state index contributed by atoms with van der Waals surface area (Å²) in [6, 6.07) is 30.2. The van der Waals surface area contributed by atoms with E-state index >= 15 is 0 Å². The number of rotatable bonds is 7. The molecule has 0 saturated carbocycles. The molecule has 3 rings (SSSR count). The second-order valence-electron chi connectivity index (χ2n) is 6.75. The van der Waals surface area contributed by atoms with Crippen molar-refractivity contribution in [1.29, 1.82) is 0 Å². The Labute approximate surface area is 171 Å². The molecule has 3 aromatic rings. The van der Waals surface area contributed by atoms with Gasteiger partial charge in [0.25, 0.3) is 0 Å². The molecule has 5 heteroatoms. The maximum atomic E-state index is 12.5. The van der Waals surface area contributed by atoms with Gasteiger partial charge in [0.1, 0.15) is 0 Å². The largest absolute Gasteiger partial charge is 0.478 e. The monoisotopic (exact) mass is 402 g/mol. The van der Waals surface area contributed by atoms with Gasteiger partial charge in [-0.25, -0.2) is 9.59 Å². The van der Waals surface area contributed by atoms with E-state index in [-0.39, 0.29) is 11.8 Å². The molecule has 0 aliphatic carbocycles. The van der Waals surface area contributed by atoms with Gasteiger partial charge in [0.15, 0.2) is 8.07 Å². The van der Waals surface area contributed by atoms with Crippen molar-refractivity contribution in [2.75, 3.05) is 6.23 Å². The Balaban J connectivity index is 2.13. The van der Waals surface area contributed by atoms with Crippen LogP contribution < -0.4 is 15.6 Å². The molecule has 0 atom stereocenters. The van der Waals surface area contributed by atoms with Crippen LogP contribution in [0.5, 0.6) is 0 Å². The molecule has 0 aromatic heterocycles. The summed E-state index contributed by atoms with van der Waals surface area (Å²) >= 11 is 0. The maximum absolute atomic E-state index is 12.5. The first-order valence-corrected chi connectivity index (χ1v) is 11.5. The molecule has 0 unspecified atom stereocenters. The van der Waals surface area contributed by atoms with Crippen LogP contribution in [0.15, 0.2) is 103 Å². The molecule has 0 radical (unpaired) electrons. The van der Waals surface area contributed by atoms with Crippen molar-refractivity contribution in [1.82, 2.24) is 0 Å². The average molecular weight is 403 g/mol. The summed E-state index contributed by atoms with van der Waals surface area (Å²) in [7, 11) is -2.69. The van der Waals surface area contributed by atoms with Crippen molar-refractivity contribution in [3.05, 3.63) is 103 Å². The molecular weight excluding hydrogens is 380 g/mol. The first kappa shape index (κ1) is 20.3. The van der Waals surface area contributed by atoms with E-state index in [2.05, 4.69) is 36.4 Å². The van der Waals surface area contributed by atoms with Crippen molar-refractivity contribution in [2.24, 2.45) is 0 Å². The maximum Gasteiger partial charge on any atom is 0.333 e. The first-order valence-electron chi connectivity index (χ1n) is 9.29. The predicted octanol–water partition coefficient (Wildman–Crippen LogP) is 2.27. The molecule has 0 aliphatic rings. The van der Waals surface area contributed by atoms with Crippen molar-refractivity contribution in [3.8, 4) is 0 Å². The summed E-state index contributed by atoms with van der Waals surface area (Å²) in [4.78, 5) is 23.4. The highest BCUT2D eigenvalue weighted by atomic mass is 28.3.